The maximum absolute atomic E-state index is 12.7. The third-order valence-corrected chi connectivity index (χ3v) is 2.45. The first kappa shape index (κ1) is 14.4. The fourth-order valence-corrected chi connectivity index (χ4v) is 1.55. The molecule has 8 heteroatoms. The molecule has 0 unspecified atom stereocenters. The van der Waals surface area contributed by atoms with Crippen molar-refractivity contribution in [3.63, 3.8) is 0 Å². The zero-order valence-electron chi connectivity index (χ0n) is 9.13. The average molecular weight is 282 g/mol. The Morgan fingerprint density at radius 3 is 2.67 bits per heavy atom. The predicted molar refractivity (Wildman–Crippen MR) is 63.0 cm³/mol. The molecular weight excluding hydrogens is 271 g/mol. The van der Waals surface area contributed by atoms with Gasteiger partial charge in [0.15, 0.2) is 0 Å². The zero-order valence-corrected chi connectivity index (χ0v) is 9.89. The second-order valence-corrected chi connectivity index (χ2v) is 3.84. The third kappa shape index (κ3) is 3.69. The van der Waals surface area contributed by atoms with Gasteiger partial charge in [-0.3, -0.25) is 0 Å². The molecule has 0 amide bonds. The van der Waals surface area contributed by atoms with Gasteiger partial charge in [0.05, 0.1) is 16.3 Å². The lowest BCUT2D eigenvalue weighted by atomic mass is 10.1. The number of nitrogens with zero attached hydrogens (tertiary/aromatic N) is 1. The van der Waals surface area contributed by atoms with Gasteiger partial charge >= 0.3 is 6.18 Å². The van der Waals surface area contributed by atoms with E-state index in [1.807, 2.05) is 0 Å². The largest absolute Gasteiger partial charge is 0.418 e. The summed E-state index contributed by atoms with van der Waals surface area (Å²) in [6, 6.07) is 3.50. The first-order valence-electron chi connectivity index (χ1n) is 4.92. The van der Waals surface area contributed by atoms with Crippen molar-refractivity contribution in [3.8, 4) is 0 Å². The Labute approximate surface area is 106 Å². The van der Waals surface area contributed by atoms with Crippen LogP contribution in [0.1, 0.15) is 12.0 Å². The van der Waals surface area contributed by atoms with Crippen molar-refractivity contribution in [1.82, 2.24) is 0 Å². The Kier molecular flexibility index (Phi) is 4.66. The van der Waals surface area contributed by atoms with Crippen LogP contribution in [0.5, 0.6) is 0 Å². The van der Waals surface area contributed by atoms with Crippen LogP contribution in [0, 0.1) is 0 Å². The minimum Gasteiger partial charge on any atom is -0.409 e. The molecule has 100 valence electrons. The molecule has 0 heterocycles. The van der Waals surface area contributed by atoms with Crippen molar-refractivity contribution in [2.75, 3.05) is 11.9 Å². The molecule has 4 N–H and O–H groups in total. The molecule has 0 saturated carbocycles. The summed E-state index contributed by atoms with van der Waals surface area (Å²) < 4.78 is 38.1. The number of nitrogens with one attached hydrogen (secondary N) is 1. The monoisotopic (exact) mass is 281 g/mol. The Bertz CT molecular complexity index is 448. The van der Waals surface area contributed by atoms with E-state index in [1.54, 1.807) is 0 Å². The summed E-state index contributed by atoms with van der Waals surface area (Å²) in [5, 5.41) is 13.5. The number of amidine groups is 1. The number of oxime groups is 1. The Morgan fingerprint density at radius 1 is 1.44 bits per heavy atom. The minimum absolute atomic E-state index is 0.0377. The van der Waals surface area contributed by atoms with Gasteiger partial charge in [-0.2, -0.15) is 13.2 Å². The molecule has 0 saturated heterocycles. The normalized spacial score (nSPS) is 12.6. The highest BCUT2D eigenvalue weighted by Crippen LogP contribution is 2.38. The summed E-state index contributed by atoms with van der Waals surface area (Å²) in [5.74, 6) is -0.0805. The van der Waals surface area contributed by atoms with E-state index >= 15 is 0 Å². The van der Waals surface area contributed by atoms with Crippen LogP contribution in [0.2, 0.25) is 5.02 Å². The van der Waals surface area contributed by atoms with Gasteiger partial charge in [-0.05, 0) is 12.1 Å². The van der Waals surface area contributed by atoms with Crippen molar-refractivity contribution < 1.29 is 18.4 Å². The number of para-hydroxylation sites is 1. The van der Waals surface area contributed by atoms with Crippen LogP contribution in [0.25, 0.3) is 0 Å². The van der Waals surface area contributed by atoms with E-state index in [1.165, 1.54) is 12.1 Å². The fourth-order valence-electron chi connectivity index (χ4n) is 1.31. The van der Waals surface area contributed by atoms with Crippen molar-refractivity contribution >= 4 is 23.1 Å². The molecule has 0 spiro atoms. The Morgan fingerprint density at radius 2 is 2.11 bits per heavy atom. The summed E-state index contributed by atoms with van der Waals surface area (Å²) >= 11 is 5.71. The number of anilines is 1. The van der Waals surface area contributed by atoms with Gasteiger partial charge in [0.2, 0.25) is 0 Å². The summed E-state index contributed by atoms with van der Waals surface area (Å²) in [4.78, 5) is 0. The fraction of sp³-hybridized carbons (Fsp3) is 0.300. The second kappa shape index (κ2) is 5.81. The maximum Gasteiger partial charge on any atom is 0.418 e. The predicted octanol–water partition coefficient (Wildman–Crippen LogP) is 2.91. The SMILES string of the molecule is N/C(CCNc1c(Cl)cccc1C(F)(F)F)=N\O. The molecule has 0 aromatic heterocycles. The van der Waals surface area contributed by atoms with Crippen LogP contribution >= 0.6 is 11.6 Å². The van der Waals surface area contributed by atoms with E-state index in [4.69, 9.17) is 22.5 Å². The number of benzene rings is 1. The number of hydrogen-bond donors (Lipinski definition) is 3. The average Bonchev–Trinajstić information content (AvgIpc) is 2.29. The lowest BCUT2D eigenvalue weighted by molar-refractivity contribution is -0.136. The Hall–Kier alpha value is -1.63. The highest BCUT2D eigenvalue weighted by molar-refractivity contribution is 6.33. The topological polar surface area (TPSA) is 70.6 Å². The van der Waals surface area contributed by atoms with Gasteiger partial charge in [0, 0.05) is 13.0 Å². The van der Waals surface area contributed by atoms with E-state index in [0.29, 0.717) is 0 Å². The van der Waals surface area contributed by atoms with Crippen molar-refractivity contribution in [3.05, 3.63) is 28.8 Å². The van der Waals surface area contributed by atoms with Crippen molar-refractivity contribution in [1.29, 1.82) is 0 Å². The number of halogens is 4. The molecule has 0 radical (unpaired) electrons. The van der Waals surface area contributed by atoms with E-state index in [9.17, 15) is 13.2 Å². The van der Waals surface area contributed by atoms with Gasteiger partial charge in [-0.25, -0.2) is 0 Å². The second-order valence-electron chi connectivity index (χ2n) is 3.43. The molecule has 0 aliphatic carbocycles. The molecule has 4 nitrogen and oxygen atoms in total. The number of rotatable bonds is 4. The lowest BCUT2D eigenvalue weighted by Gasteiger charge is -2.15. The van der Waals surface area contributed by atoms with Crippen LogP contribution in [0.3, 0.4) is 0 Å². The molecular formula is C10H11ClF3N3O. The molecule has 0 aliphatic heterocycles. The third-order valence-electron chi connectivity index (χ3n) is 2.13. The van der Waals surface area contributed by atoms with Gasteiger partial charge < -0.3 is 16.3 Å². The van der Waals surface area contributed by atoms with Crippen molar-refractivity contribution in [2.24, 2.45) is 10.9 Å². The molecule has 0 fully saturated rings. The zero-order chi connectivity index (χ0) is 13.8. The molecule has 1 aromatic carbocycles. The molecule has 1 rings (SSSR count). The highest BCUT2D eigenvalue weighted by atomic mass is 35.5. The van der Waals surface area contributed by atoms with Gasteiger partial charge in [-0.15, -0.1) is 0 Å². The van der Waals surface area contributed by atoms with Gasteiger partial charge in [0.1, 0.15) is 5.84 Å². The van der Waals surface area contributed by atoms with Crippen LogP contribution in [0.15, 0.2) is 23.4 Å². The smallest absolute Gasteiger partial charge is 0.409 e. The van der Waals surface area contributed by atoms with E-state index in [2.05, 4.69) is 10.5 Å². The maximum atomic E-state index is 12.7. The van der Waals surface area contributed by atoms with E-state index < -0.39 is 11.7 Å². The summed E-state index contributed by atoms with van der Waals surface area (Å²) in [6.45, 7) is 0.0721. The number of hydrogen-bond acceptors (Lipinski definition) is 3. The van der Waals surface area contributed by atoms with Crippen molar-refractivity contribution in [2.45, 2.75) is 12.6 Å². The highest BCUT2D eigenvalue weighted by Gasteiger charge is 2.34. The van der Waals surface area contributed by atoms with Crippen LogP contribution < -0.4 is 11.1 Å². The lowest BCUT2D eigenvalue weighted by Crippen LogP contribution is -2.18. The number of nitrogens with two attached hydrogens (primary N) is 1. The van der Waals surface area contributed by atoms with E-state index in [-0.39, 0.29) is 29.5 Å². The molecule has 18 heavy (non-hydrogen) atoms. The first-order chi connectivity index (χ1) is 8.36. The summed E-state index contributed by atoms with van der Waals surface area (Å²) in [7, 11) is 0. The van der Waals surface area contributed by atoms with Gasteiger partial charge in [0.25, 0.3) is 0 Å². The molecule has 1 aromatic rings. The standard InChI is InChI=1S/C10H11ClF3N3O/c11-7-3-1-2-6(10(12,13)14)9(7)16-5-4-8(15)17-18/h1-3,16,18H,4-5H2,(H2,15,17). The summed E-state index contributed by atoms with van der Waals surface area (Å²) in [5.41, 5.74) is 4.14. The molecule has 0 bridgehead atoms. The molecule has 0 aliphatic rings. The molecule has 0 atom stereocenters. The minimum atomic E-state index is -4.50. The van der Waals surface area contributed by atoms with Crippen LogP contribution in [-0.4, -0.2) is 17.6 Å². The van der Waals surface area contributed by atoms with Crippen LogP contribution in [0.4, 0.5) is 18.9 Å². The quantitative estimate of drug-likeness (QED) is 0.344. The van der Waals surface area contributed by atoms with E-state index in [0.717, 1.165) is 6.07 Å². The van der Waals surface area contributed by atoms with Crippen LogP contribution in [-0.2, 0) is 6.18 Å². The van der Waals surface area contributed by atoms with Gasteiger partial charge in [-0.1, -0.05) is 22.8 Å². The Balaban J connectivity index is 2.87. The number of alkyl halides is 3. The first-order valence-corrected chi connectivity index (χ1v) is 5.30. The summed E-state index contributed by atoms with van der Waals surface area (Å²) in [6.07, 6.45) is -4.40.